The van der Waals surface area contributed by atoms with Gasteiger partial charge in [0.05, 0.1) is 16.7 Å². The Morgan fingerprint density at radius 1 is 1.38 bits per heavy atom. The molecular weight excluding hydrogens is 270 g/mol. The average Bonchev–Trinajstić information content (AvgIpc) is 2.51. The predicted molar refractivity (Wildman–Crippen MR) is 68.8 cm³/mol. The second-order valence-corrected chi connectivity index (χ2v) is 4.60. The lowest BCUT2D eigenvalue weighted by Crippen LogP contribution is -2.22. The van der Waals surface area contributed by atoms with E-state index in [1.807, 2.05) is 11.6 Å². The van der Waals surface area contributed by atoms with Crippen LogP contribution in [-0.2, 0) is 11.3 Å². The van der Waals surface area contributed by atoms with Gasteiger partial charge in [0.25, 0.3) is 0 Å². The Balaban J connectivity index is 2.24. The lowest BCUT2D eigenvalue weighted by molar-refractivity contribution is 0.194. The number of rotatable bonds is 7. The molecule has 1 N–H and O–H groups in total. The third-order valence-electron chi connectivity index (χ3n) is 2.50. The molecule has 0 aliphatic rings. The van der Waals surface area contributed by atoms with Gasteiger partial charge < -0.3 is 10.1 Å². The van der Waals surface area contributed by atoms with Crippen LogP contribution in [0.25, 0.3) is 0 Å². The van der Waals surface area contributed by atoms with Gasteiger partial charge in [0, 0.05) is 26.0 Å². The van der Waals surface area contributed by atoms with Crippen LogP contribution in [-0.4, -0.2) is 36.6 Å². The zero-order chi connectivity index (χ0) is 12.0. The zero-order valence-electron chi connectivity index (χ0n) is 10.2. The number of hydrogen-bond donors (Lipinski definition) is 1. The summed E-state index contributed by atoms with van der Waals surface area (Å²) in [6.45, 7) is 7.75. The first-order chi connectivity index (χ1) is 7.66. The van der Waals surface area contributed by atoms with Crippen molar-refractivity contribution in [3.63, 3.8) is 0 Å². The summed E-state index contributed by atoms with van der Waals surface area (Å²) in [7, 11) is 1.73. The van der Waals surface area contributed by atoms with Gasteiger partial charge in [-0.15, -0.1) is 0 Å². The van der Waals surface area contributed by atoms with E-state index in [2.05, 4.69) is 33.3 Å². The average molecular weight is 290 g/mol. The molecule has 0 amide bonds. The quantitative estimate of drug-likeness (QED) is 0.779. The van der Waals surface area contributed by atoms with Gasteiger partial charge in [0.2, 0.25) is 0 Å². The highest BCUT2D eigenvalue weighted by atomic mass is 79.9. The van der Waals surface area contributed by atoms with Gasteiger partial charge in [-0.25, -0.2) is 0 Å². The lowest BCUT2D eigenvalue weighted by atomic mass is 10.4. The number of methoxy groups -OCH3 is 1. The van der Waals surface area contributed by atoms with Crippen molar-refractivity contribution < 1.29 is 4.74 Å². The summed E-state index contributed by atoms with van der Waals surface area (Å²) in [4.78, 5) is 0. The van der Waals surface area contributed by atoms with Crippen molar-refractivity contribution in [2.45, 2.75) is 26.8 Å². The maximum Gasteiger partial charge on any atom is 0.0738 e. The second kappa shape index (κ2) is 7.04. The van der Waals surface area contributed by atoms with Crippen LogP contribution in [0.3, 0.4) is 0 Å². The van der Waals surface area contributed by atoms with Gasteiger partial charge in [0.15, 0.2) is 0 Å². The smallest absolute Gasteiger partial charge is 0.0738 e. The minimum absolute atomic E-state index is 0.818. The molecule has 0 radical (unpaired) electrons. The molecule has 1 aromatic heterocycles. The van der Waals surface area contributed by atoms with E-state index in [0.29, 0.717) is 0 Å². The van der Waals surface area contributed by atoms with Crippen LogP contribution >= 0.6 is 15.9 Å². The number of halogens is 1. The first-order valence-electron chi connectivity index (χ1n) is 5.56. The largest absolute Gasteiger partial charge is 0.385 e. The molecule has 1 aromatic rings. The van der Waals surface area contributed by atoms with Gasteiger partial charge >= 0.3 is 0 Å². The number of aryl methyl sites for hydroxylation is 1. The Morgan fingerprint density at radius 3 is 2.69 bits per heavy atom. The van der Waals surface area contributed by atoms with Crippen LogP contribution in [0.5, 0.6) is 0 Å². The van der Waals surface area contributed by atoms with E-state index in [1.54, 1.807) is 7.11 Å². The molecule has 0 aliphatic heterocycles. The molecule has 0 aliphatic carbocycles. The number of aromatic nitrogens is 2. The van der Waals surface area contributed by atoms with E-state index in [-0.39, 0.29) is 0 Å². The Morgan fingerprint density at radius 2 is 2.12 bits per heavy atom. The number of ether oxygens (including phenoxy) is 1. The first-order valence-corrected chi connectivity index (χ1v) is 6.35. The predicted octanol–water partition coefficient (Wildman–Crippen LogP) is 1.89. The Hall–Kier alpha value is -0.390. The molecule has 16 heavy (non-hydrogen) atoms. The highest BCUT2D eigenvalue weighted by molar-refractivity contribution is 9.10. The first kappa shape index (κ1) is 13.7. The molecule has 0 spiro atoms. The van der Waals surface area contributed by atoms with Crippen LogP contribution in [0, 0.1) is 13.8 Å². The van der Waals surface area contributed by atoms with Crippen molar-refractivity contribution in [2.75, 3.05) is 26.8 Å². The van der Waals surface area contributed by atoms with Gasteiger partial charge in [-0.3, -0.25) is 4.68 Å². The van der Waals surface area contributed by atoms with Crippen LogP contribution in [0.15, 0.2) is 4.47 Å². The summed E-state index contributed by atoms with van der Waals surface area (Å²) in [5.41, 5.74) is 2.24. The van der Waals surface area contributed by atoms with Gasteiger partial charge in [-0.05, 0) is 42.7 Å². The summed E-state index contributed by atoms with van der Waals surface area (Å²) in [5, 5.41) is 7.82. The summed E-state index contributed by atoms with van der Waals surface area (Å²) in [5.74, 6) is 0. The number of hydrogen-bond acceptors (Lipinski definition) is 3. The van der Waals surface area contributed by atoms with Crippen molar-refractivity contribution in [3.8, 4) is 0 Å². The van der Waals surface area contributed by atoms with Gasteiger partial charge in [-0.2, -0.15) is 5.10 Å². The lowest BCUT2D eigenvalue weighted by Gasteiger charge is -2.06. The van der Waals surface area contributed by atoms with E-state index < -0.39 is 0 Å². The standard InChI is InChI=1S/C11H20BrN3O/c1-9-11(12)10(2)15(14-9)7-6-13-5-4-8-16-3/h13H,4-8H2,1-3H3. The molecular formula is C11H20BrN3O. The number of nitrogens with zero attached hydrogens (tertiary/aromatic N) is 2. The van der Waals surface area contributed by atoms with Crippen LogP contribution < -0.4 is 5.32 Å². The maximum absolute atomic E-state index is 4.98. The Kier molecular flexibility index (Phi) is 6.01. The molecule has 1 rings (SSSR count). The number of nitrogens with one attached hydrogen (secondary N) is 1. The van der Waals surface area contributed by atoms with E-state index in [0.717, 1.165) is 42.8 Å². The molecule has 0 saturated carbocycles. The molecule has 0 aromatic carbocycles. The molecule has 0 fully saturated rings. The molecule has 4 nitrogen and oxygen atoms in total. The van der Waals surface area contributed by atoms with Crippen molar-refractivity contribution in [2.24, 2.45) is 0 Å². The molecule has 0 unspecified atom stereocenters. The molecule has 5 heteroatoms. The summed E-state index contributed by atoms with van der Waals surface area (Å²) in [6.07, 6.45) is 1.05. The van der Waals surface area contributed by atoms with E-state index >= 15 is 0 Å². The molecule has 0 atom stereocenters. The zero-order valence-corrected chi connectivity index (χ0v) is 11.8. The van der Waals surface area contributed by atoms with Crippen LogP contribution in [0.2, 0.25) is 0 Å². The van der Waals surface area contributed by atoms with Crippen molar-refractivity contribution >= 4 is 15.9 Å². The highest BCUT2D eigenvalue weighted by Crippen LogP contribution is 2.19. The summed E-state index contributed by atoms with van der Waals surface area (Å²) in [6, 6.07) is 0. The fourth-order valence-corrected chi connectivity index (χ4v) is 1.83. The highest BCUT2D eigenvalue weighted by Gasteiger charge is 2.07. The van der Waals surface area contributed by atoms with Crippen molar-refractivity contribution in [1.29, 1.82) is 0 Å². The second-order valence-electron chi connectivity index (χ2n) is 3.80. The summed E-state index contributed by atoms with van der Waals surface area (Å²) < 4.78 is 8.13. The Bertz CT molecular complexity index is 325. The monoisotopic (exact) mass is 289 g/mol. The Labute approximate surface area is 105 Å². The third-order valence-corrected chi connectivity index (χ3v) is 3.64. The van der Waals surface area contributed by atoms with E-state index in [4.69, 9.17) is 4.74 Å². The van der Waals surface area contributed by atoms with E-state index in [1.165, 1.54) is 5.69 Å². The minimum Gasteiger partial charge on any atom is -0.385 e. The fourth-order valence-electron chi connectivity index (χ4n) is 1.54. The topological polar surface area (TPSA) is 39.1 Å². The molecule has 0 saturated heterocycles. The summed E-state index contributed by atoms with van der Waals surface area (Å²) >= 11 is 3.52. The molecule has 1 heterocycles. The van der Waals surface area contributed by atoms with Crippen LogP contribution in [0.4, 0.5) is 0 Å². The molecule has 0 bridgehead atoms. The maximum atomic E-state index is 4.98. The van der Waals surface area contributed by atoms with Crippen molar-refractivity contribution in [1.82, 2.24) is 15.1 Å². The molecule has 92 valence electrons. The van der Waals surface area contributed by atoms with E-state index in [9.17, 15) is 0 Å². The third kappa shape index (κ3) is 3.88. The van der Waals surface area contributed by atoms with Crippen molar-refractivity contribution in [3.05, 3.63) is 15.9 Å². The normalized spacial score (nSPS) is 11.0. The SMILES string of the molecule is COCCCNCCn1nc(C)c(Br)c1C. The van der Waals surface area contributed by atoms with Crippen LogP contribution in [0.1, 0.15) is 17.8 Å². The minimum atomic E-state index is 0.818. The van der Waals surface area contributed by atoms with Gasteiger partial charge in [-0.1, -0.05) is 0 Å². The van der Waals surface area contributed by atoms with Gasteiger partial charge in [0.1, 0.15) is 0 Å². The fraction of sp³-hybridized carbons (Fsp3) is 0.727.